The van der Waals surface area contributed by atoms with Crippen molar-refractivity contribution in [1.29, 1.82) is 0 Å². The van der Waals surface area contributed by atoms with Crippen LogP contribution in [0.25, 0.3) is 10.9 Å². The van der Waals surface area contributed by atoms with Crippen molar-refractivity contribution in [2.75, 3.05) is 5.73 Å². The average molecular weight is 236 g/mol. The summed E-state index contributed by atoms with van der Waals surface area (Å²) in [4.78, 5) is 12.5. The van der Waals surface area contributed by atoms with Crippen molar-refractivity contribution in [1.82, 2.24) is 15.0 Å². The normalized spacial score (nSPS) is 10.7. The smallest absolute Gasteiger partial charge is 0.220 e. The Morgan fingerprint density at radius 1 is 0.944 bits per heavy atom. The Hall–Kier alpha value is -2.49. The first-order valence-electron chi connectivity index (χ1n) is 5.73. The van der Waals surface area contributed by atoms with Crippen LogP contribution in [0, 0.1) is 0 Å². The summed E-state index contributed by atoms with van der Waals surface area (Å²) in [5, 5.41) is 1.15. The van der Waals surface area contributed by atoms with Crippen LogP contribution in [0.3, 0.4) is 0 Å². The molecule has 0 aliphatic carbocycles. The van der Waals surface area contributed by atoms with E-state index in [1.807, 2.05) is 36.5 Å². The van der Waals surface area contributed by atoms with Crippen LogP contribution in [-0.2, 0) is 6.42 Å². The second kappa shape index (κ2) is 4.41. The number of fused-ring (bicyclic) bond motifs is 1. The van der Waals surface area contributed by atoms with E-state index in [0.29, 0.717) is 5.95 Å². The summed E-state index contributed by atoms with van der Waals surface area (Å²) in [6.45, 7) is 0. The van der Waals surface area contributed by atoms with Gasteiger partial charge in [0.05, 0.1) is 11.2 Å². The van der Waals surface area contributed by atoms with Crippen LogP contribution < -0.4 is 5.73 Å². The molecule has 0 atom stereocenters. The summed E-state index contributed by atoms with van der Waals surface area (Å²) in [6.07, 6.45) is 4.24. The van der Waals surface area contributed by atoms with E-state index in [4.69, 9.17) is 5.73 Å². The average Bonchev–Trinajstić information content (AvgIpc) is 2.39. The Balaban J connectivity index is 2.05. The first kappa shape index (κ1) is 10.7. The molecule has 18 heavy (non-hydrogen) atoms. The molecule has 0 saturated heterocycles. The Morgan fingerprint density at radius 3 is 2.67 bits per heavy atom. The van der Waals surface area contributed by atoms with Crippen molar-refractivity contribution in [3.05, 3.63) is 60.0 Å². The molecule has 0 radical (unpaired) electrons. The molecule has 0 amide bonds. The van der Waals surface area contributed by atoms with Crippen LogP contribution in [0.15, 0.2) is 48.8 Å². The molecule has 0 aliphatic rings. The zero-order valence-corrected chi connectivity index (χ0v) is 9.74. The molecule has 0 unspecified atom stereocenters. The minimum atomic E-state index is 0.311. The fourth-order valence-electron chi connectivity index (χ4n) is 2.02. The van der Waals surface area contributed by atoms with E-state index in [0.717, 1.165) is 23.0 Å². The van der Waals surface area contributed by atoms with Crippen molar-refractivity contribution in [2.24, 2.45) is 0 Å². The van der Waals surface area contributed by atoms with Crippen LogP contribution in [-0.4, -0.2) is 15.0 Å². The molecule has 0 bridgehead atoms. The Morgan fingerprint density at radius 2 is 1.78 bits per heavy atom. The van der Waals surface area contributed by atoms with Gasteiger partial charge in [0.15, 0.2) is 0 Å². The monoisotopic (exact) mass is 236 g/mol. The zero-order chi connectivity index (χ0) is 12.4. The van der Waals surface area contributed by atoms with Gasteiger partial charge in [-0.1, -0.05) is 18.2 Å². The summed E-state index contributed by atoms with van der Waals surface area (Å²) in [7, 11) is 0. The lowest BCUT2D eigenvalue weighted by Crippen LogP contribution is -1.99. The molecule has 88 valence electrons. The van der Waals surface area contributed by atoms with E-state index >= 15 is 0 Å². The van der Waals surface area contributed by atoms with Crippen molar-refractivity contribution in [3.63, 3.8) is 0 Å². The summed E-state index contributed by atoms with van der Waals surface area (Å²) in [5.74, 6) is 0.311. The molecule has 0 saturated carbocycles. The topological polar surface area (TPSA) is 64.7 Å². The Labute approximate surface area is 105 Å². The predicted molar refractivity (Wildman–Crippen MR) is 71.0 cm³/mol. The molecule has 0 fully saturated rings. The molecule has 3 aromatic rings. The molecule has 0 aliphatic heterocycles. The molecular weight excluding hydrogens is 224 g/mol. The van der Waals surface area contributed by atoms with Gasteiger partial charge < -0.3 is 5.73 Å². The molecular formula is C14H12N4. The van der Waals surface area contributed by atoms with E-state index in [1.54, 1.807) is 6.20 Å². The summed E-state index contributed by atoms with van der Waals surface area (Å²) in [5.41, 5.74) is 8.70. The number of aromatic nitrogens is 3. The standard InChI is InChI=1S/C14H12N4/c15-14-17-8-6-11(18-14)9-10-5-7-16-13-4-2-1-3-12(10)13/h1-8H,9H2,(H2,15,17,18). The first-order valence-corrected chi connectivity index (χ1v) is 5.73. The molecule has 1 aromatic carbocycles. The molecule has 4 heteroatoms. The molecule has 3 rings (SSSR count). The SMILES string of the molecule is Nc1nccc(Cc2ccnc3ccccc23)n1. The number of para-hydroxylation sites is 1. The number of hydrogen-bond donors (Lipinski definition) is 1. The van der Waals surface area contributed by atoms with Crippen LogP contribution in [0.5, 0.6) is 0 Å². The van der Waals surface area contributed by atoms with E-state index in [9.17, 15) is 0 Å². The maximum absolute atomic E-state index is 5.59. The Kier molecular flexibility index (Phi) is 2.61. The molecule has 0 spiro atoms. The van der Waals surface area contributed by atoms with Gasteiger partial charge in [0.1, 0.15) is 0 Å². The second-order valence-electron chi connectivity index (χ2n) is 4.07. The van der Waals surface area contributed by atoms with Gasteiger partial charge in [-0.25, -0.2) is 9.97 Å². The number of nitrogens with two attached hydrogens (primary N) is 1. The quantitative estimate of drug-likeness (QED) is 0.740. The van der Waals surface area contributed by atoms with Gasteiger partial charge in [0.2, 0.25) is 5.95 Å². The molecule has 2 N–H and O–H groups in total. The lowest BCUT2D eigenvalue weighted by molar-refractivity contribution is 1.04. The van der Waals surface area contributed by atoms with E-state index < -0.39 is 0 Å². The minimum Gasteiger partial charge on any atom is -0.368 e. The minimum absolute atomic E-state index is 0.311. The highest BCUT2D eigenvalue weighted by molar-refractivity contribution is 5.82. The maximum Gasteiger partial charge on any atom is 0.220 e. The van der Waals surface area contributed by atoms with E-state index in [-0.39, 0.29) is 0 Å². The third-order valence-corrected chi connectivity index (χ3v) is 2.84. The first-order chi connectivity index (χ1) is 8.83. The molecule has 2 heterocycles. The number of anilines is 1. The number of nitrogens with zero attached hydrogens (tertiary/aromatic N) is 3. The van der Waals surface area contributed by atoms with Gasteiger partial charge in [-0.05, 0) is 23.8 Å². The Bertz CT molecular complexity index is 689. The summed E-state index contributed by atoms with van der Waals surface area (Å²) in [6, 6.07) is 12.0. The van der Waals surface area contributed by atoms with Crippen molar-refractivity contribution >= 4 is 16.9 Å². The fourth-order valence-corrected chi connectivity index (χ4v) is 2.02. The summed E-state index contributed by atoms with van der Waals surface area (Å²) < 4.78 is 0. The van der Waals surface area contributed by atoms with Gasteiger partial charge in [-0.2, -0.15) is 0 Å². The van der Waals surface area contributed by atoms with Crippen molar-refractivity contribution < 1.29 is 0 Å². The van der Waals surface area contributed by atoms with Gasteiger partial charge >= 0.3 is 0 Å². The highest BCUT2D eigenvalue weighted by atomic mass is 15.0. The number of rotatable bonds is 2. The fraction of sp³-hybridized carbons (Fsp3) is 0.0714. The van der Waals surface area contributed by atoms with Crippen LogP contribution in [0.1, 0.15) is 11.3 Å². The second-order valence-corrected chi connectivity index (χ2v) is 4.07. The number of benzene rings is 1. The van der Waals surface area contributed by atoms with Gasteiger partial charge in [-0.3, -0.25) is 4.98 Å². The van der Waals surface area contributed by atoms with Gasteiger partial charge in [-0.15, -0.1) is 0 Å². The van der Waals surface area contributed by atoms with Crippen LogP contribution in [0.4, 0.5) is 5.95 Å². The van der Waals surface area contributed by atoms with Crippen molar-refractivity contribution in [3.8, 4) is 0 Å². The predicted octanol–water partition coefficient (Wildman–Crippen LogP) is 2.20. The molecule has 4 nitrogen and oxygen atoms in total. The highest BCUT2D eigenvalue weighted by Crippen LogP contribution is 2.18. The highest BCUT2D eigenvalue weighted by Gasteiger charge is 2.04. The van der Waals surface area contributed by atoms with Crippen LogP contribution in [0.2, 0.25) is 0 Å². The lowest BCUT2D eigenvalue weighted by atomic mass is 10.0. The third-order valence-electron chi connectivity index (χ3n) is 2.84. The van der Waals surface area contributed by atoms with Crippen molar-refractivity contribution in [2.45, 2.75) is 6.42 Å². The van der Waals surface area contributed by atoms with Gasteiger partial charge in [0, 0.05) is 24.2 Å². The third kappa shape index (κ3) is 2.00. The zero-order valence-electron chi connectivity index (χ0n) is 9.74. The largest absolute Gasteiger partial charge is 0.368 e. The maximum atomic E-state index is 5.59. The van der Waals surface area contributed by atoms with E-state index in [1.165, 1.54) is 5.56 Å². The van der Waals surface area contributed by atoms with E-state index in [2.05, 4.69) is 21.0 Å². The van der Waals surface area contributed by atoms with Gasteiger partial charge in [0.25, 0.3) is 0 Å². The number of hydrogen-bond acceptors (Lipinski definition) is 4. The van der Waals surface area contributed by atoms with Crippen LogP contribution >= 0.6 is 0 Å². The number of nitrogen functional groups attached to an aromatic ring is 1. The lowest BCUT2D eigenvalue weighted by Gasteiger charge is -2.05. The summed E-state index contributed by atoms with van der Waals surface area (Å²) >= 11 is 0. The number of pyridine rings is 1. The molecule has 2 aromatic heterocycles.